The number of hydrogen-bond acceptors (Lipinski definition) is 3. The first-order chi connectivity index (χ1) is 12.0. The summed E-state index contributed by atoms with van der Waals surface area (Å²) >= 11 is 0. The fourth-order valence-electron chi connectivity index (χ4n) is 3.60. The number of nitrogens with one attached hydrogen (secondary N) is 1. The number of anilines is 1. The van der Waals surface area contributed by atoms with Crippen LogP contribution in [0, 0.1) is 0 Å². The molecule has 0 spiro atoms. The SMILES string of the molecule is CC(C)c1ccccc1NC(=O)CN1C[C@@H](N)[C@H](c2ccccc2)C1. The molecule has 0 unspecified atom stereocenters. The second-order valence-electron chi connectivity index (χ2n) is 7.17. The molecule has 0 radical (unpaired) electrons. The normalized spacial score (nSPS) is 20.8. The molecule has 0 aliphatic carbocycles. The standard InChI is InChI=1S/C21H27N3O/c1-15(2)17-10-6-7-11-20(17)23-21(25)14-24-12-18(19(22)13-24)16-8-4-3-5-9-16/h3-11,15,18-19H,12-14,22H2,1-2H3,(H,23,25)/t18-,19+/m0/s1. The van der Waals surface area contributed by atoms with Gasteiger partial charge < -0.3 is 11.1 Å². The fraction of sp³-hybridized carbons (Fsp3) is 0.381. The summed E-state index contributed by atoms with van der Waals surface area (Å²) in [6.45, 7) is 6.22. The van der Waals surface area contributed by atoms with E-state index in [0.29, 0.717) is 12.5 Å². The first-order valence-corrected chi connectivity index (χ1v) is 8.96. The lowest BCUT2D eigenvalue weighted by molar-refractivity contribution is -0.117. The van der Waals surface area contributed by atoms with E-state index in [9.17, 15) is 4.79 Å². The van der Waals surface area contributed by atoms with E-state index in [0.717, 1.165) is 24.3 Å². The van der Waals surface area contributed by atoms with Crippen molar-refractivity contribution in [3.63, 3.8) is 0 Å². The van der Waals surface area contributed by atoms with Crippen LogP contribution in [0.2, 0.25) is 0 Å². The Hall–Kier alpha value is -2.17. The van der Waals surface area contributed by atoms with Crippen LogP contribution in [-0.4, -0.2) is 36.5 Å². The molecule has 0 saturated carbocycles. The van der Waals surface area contributed by atoms with Crippen molar-refractivity contribution in [2.75, 3.05) is 25.0 Å². The van der Waals surface area contributed by atoms with E-state index >= 15 is 0 Å². The Kier molecular flexibility index (Phi) is 5.51. The maximum Gasteiger partial charge on any atom is 0.238 e. The Labute approximate surface area is 150 Å². The molecule has 1 fully saturated rings. The van der Waals surface area contributed by atoms with Gasteiger partial charge >= 0.3 is 0 Å². The van der Waals surface area contributed by atoms with E-state index in [1.807, 2.05) is 36.4 Å². The van der Waals surface area contributed by atoms with Crippen molar-refractivity contribution in [1.82, 2.24) is 4.90 Å². The average Bonchev–Trinajstić information content (AvgIpc) is 2.96. The summed E-state index contributed by atoms with van der Waals surface area (Å²) in [7, 11) is 0. The number of likely N-dealkylation sites (tertiary alicyclic amines) is 1. The van der Waals surface area contributed by atoms with Crippen molar-refractivity contribution < 1.29 is 4.79 Å². The van der Waals surface area contributed by atoms with Crippen molar-refractivity contribution >= 4 is 11.6 Å². The van der Waals surface area contributed by atoms with Gasteiger partial charge in [0.1, 0.15) is 0 Å². The number of nitrogens with zero attached hydrogens (tertiary/aromatic N) is 1. The van der Waals surface area contributed by atoms with E-state index in [-0.39, 0.29) is 17.9 Å². The number of benzene rings is 2. The maximum atomic E-state index is 12.5. The number of carbonyl (C=O) groups excluding carboxylic acids is 1. The van der Waals surface area contributed by atoms with Crippen LogP contribution in [0.5, 0.6) is 0 Å². The van der Waals surface area contributed by atoms with Crippen LogP contribution in [0.25, 0.3) is 0 Å². The van der Waals surface area contributed by atoms with Crippen LogP contribution in [0.3, 0.4) is 0 Å². The minimum atomic E-state index is 0.0222. The predicted octanol–water partition coefficient (Wildman–Crippen LogP) is 3.18. The second kappa shape index (κ2) is 7.81. The van der Waals surface area contributed by atoms with Crippen LogP contribution in [0.1, 0.15) is 36.8 Å². The molecule has 2 aromatic carbocycles. The molecule has 1 amide bonds. The van der Waals surface area contributed by atoms with Gasteiger partial charge in [0.25, 0.3) is 0 Å². The zero-order chi connectivity index (χ0) is 17.8. The number of para-hydroxylation sites is 1. The molecular weight excluding hydrogens is 310 g/mol. The summed E-state index contributed by atoms with van der Waals surface area (Å²) in [6.07, 6.45) is 0. The molecule has 4 nitrogen and oxygen atoms in total. The van der Waals surface area contributed by atoms with Crippen molar-refractivity contribution in [2.24, 2.45) is 5.73 Å². The van der Waals surface area contributed by atoms with Crippen molar-refractivity contribution in [2.45, 2.75) is 31.7 Å². The molecule has 2 atom stereocenters. The molecule has 2 aromatic rings. The molecule has 3 rings (SSSR count). The molecule has 132 valence electrons. The summed E-state index contributed by atoms with van der Waals surface area (Å²) in [4.78, 5) is 14.6. The molecule has 1 aliphatic heterocycles. The van der Waals surface area contributed by atoms with Gasteiger partial charge in [-0.1, -0.05) is 62.4 Å². The largest absolute Gasteiger partial charge is 0.326 e. The number of nitrogens with two attached hydrogens (primary N) is 1. The minimum absolute atomic E-state index is 0.0222. The Morgan fingerprint density at radius 1 is 1.12 bits per heavy atom. The number of hydrogen-bond donors (Lipinski definition) is 2. The molecule has 4 heteroatoms. The van der Waals surface area contributed by atoms with Gasteiger partial charge in [0.05, 0.1) is 6.54 Å². The zero-order valence-electron chi connectivity index (χ0n) is 15.0. The molecular formula is C21H27N3O. The Morgan fingerprint density at radius 2 is 1.80 bits per heavy atom. The van der Waals surface area contributed by atoms with Gasteiger partial charge in [0.15, 0.2) is 0 Å². The smallest absolute Gasteiger partial charge is 0.238 e. The summed E-state index contributed by atoms with van der Waals surface area (Å²) in [5.41, 5.74) is 9.64. The molecule has 1 heterocycles. The quantitative estimate of drug-likeness (QED) is 0.881. The number of rotatable bonds is 5. The fourth-order valence-corrected chi connectivity index (χ4v) is 3.60. The third-order valence-electron chi connectivity index (χ3n) is 4.89. The van der Waals surface area contributed by atoms with Crippen LogP contribution in [0.4, 0.5) is 5.69 Å². The van der Waals surface area contributed by atoms with Crippen molar-refractivity contribution in [3.8, 4) is 0 Å². The third kappa shape index (κ3) is 4.27. The van der Waals surface area contributed by atoms with E-state index < -0.39 is 0 Å². The second-order valence-corrected chi connectivity index (χ2v) is 7.17. The lowest BCUT2D eigenvalue weighted by Gasteiger charge is -2.18. The highest BCUT2D eigenvalue weighted by Crippen LogP contribution is 2.27. The average molecular weight is 337 g/mol. The van der Waals surface area contributed by atoms with E-state index in [1.165, 1.54) is 5.56 Å². The summed E-state index contributed by atoms with van der Waals surface area (Å²) in [6, 6.07) is 18.4. The molecule has 1 aliphatic rings. The van der Waals surface area contributed by atoms with Gasteiger partial charge in [-0.3, -0.25) is 9.69 Å². The lowest BCUT2D eigenvalue weighted by Crippen LogP contribution is -2.34. The third-order valence-corrected chi connectivity index (χ3v) is 4.89. The molecule has 1 saturated heterocycles. The van der Waals surface area contributed by atoms with Crippen LogP contribution in [0.15, 0.2) is 54.6 Å². The van der Waals surface area contributed by atoms with Crippen molar-refractivity contribution in [1.29, 1.82) is 0 Å². The van der Waals surface area contributed by atoms with Gasteiger partial charge in [-0.2, -0.15) is 0 Å². The Morgan fingerprint density at radius 3 is 2.52 bits per heavy atom. The van der Waals surface area contributed by atoms with Crippen LogP contribution < -0.4 is 11.1 Å². The summed E-state index contributed by atoms with van der Waals surface area (Å²) in [5.74, 6) is 0.685. The van der Waals surface area contributed by atoms with Crippen molar-refractivity contribution in [3.05, 3.63) is 65.7 Å². The highest BCUT2D eigenvalue weighted by molar-refractivity contribution is 5.93. The molecule has 0 bridgehead atoms. The lowest BCUT2D eigenvalue weighted by atomic mass is 9.95. The molecule has 25 heavy (non-hydrogen) atoms. The van der Waals surface area contributed by atoms with Gasteiger partial charge in [-0.25, -0.2) is 0 Å². The number of carbonyl (C=O) groups is 1. The van der Waals surface area contributed by atoms with Crippen LogP contribution >= 0.6 is 0 Å². The van der Waals surface area contributed by atoms with Gasteiger partial charge in [0.2, 0.25) is 5.91 Å². The summed E-state index contributed by atoms with van der Waals surface area (Å²) < 4.78 is 0. The Bertz CT molecular complexity index is 714. The monoisotopic (exact) mass is 337 g/mol. The zero-order valence-corrected chi connectivity index (χ0v) is 15.0. The maximum absolute atomic E-state index is 12.5. The highest BCUT2D eigenvalue weighted by Gasteiger charge is 2.32. The van der Waals surface area contributed by atoms with E-state index in [4.69, 9.17) is 5.73 Å². The highest BCUT2D eigenvalue weighted by atomic mass is 16.2. The van der Waals surface area contributed by atoms with Gasteiger partial charge in [-0.15, -0.1) is 0 Å². The first kappa shape index (κ1) is 17.6. The minimum Gasteiger partial charge on any atom is -0.326 e. The number of amides is 1. The molecule has 3 N–H and O–H groups in total. The van der Waals surface area contributed by atoms with E-state index in [2.05, 4.69) is 42.3 Å². The van der Waals surface area contributed by atoms with Gasteiger partial charge in [0, 0.05) is 30.7 Å². The predicted molar refractivity (Wildman–Crippen MR) is 103 cm³/mol. The summed E-state index contributed by atoms with van der Waals surface area (Å²) in [5, 5.41) is 3.07. The van der Waals surface area contributed by atoms with Gasteiger partial charge in [-0.05, 0) is 23.1 Å². The Balaban J connectivity index is 1.61. The van der Waals surface area contributed by atoms with Crippen LogP contribution in [-0.2, 0) is 4.79 Å². The van der Waals surface area contributed by atoms with E-state index in [1.54, 1.807) is 0 Å². The topological polar surface area (TPSA) is 58.4 Å². The molecule has 0 aromatic heterocycles. The first-order valence-electron chi connectivity index (χ1n) is 8.96.